The minimum Gasteiger partial charge on any atom is -0.343 e. The molecule has 1 amide bonds. The van der Waals surface area contributed by atoms with Crippen molar-refractivity contribution >= 4 is 15.7 Å². The molecule has 5 nitrogen and oxygen atoms in total. The van der Waals surface area contributed by atoms with Crippen molar-refractivity contribution in [1.29, 1.82) is 0 Å². The van der Waals surface area contributed by atoms with E-state index in [0.29, 0.717) is 11.1 Å². The van der Waals surface area contributed by atoms with E-state index in [-0.39, 0.29) is 11.7 Å². The number of nitrogens with zero attached hydrogens (tertiary/aromatic N) is 1. The zero-order valence-corrected chi connectivity index (χ0v) is 17.5. The Morgan fingerprint density at radius 1 is 1.03 bits per heavy atom. The number of nitrogens with one attached hydrogen (secondary N) is 1. The normalized spacial score (nSPS) is 11.8. The monoisotopic (exact) mass is 408 g/mol. The molecule has 3 rings (SSSR count). The van der Waals surface area contributed by atoms with Crippen molar-refractivity contribution in [3.05, 3.63) is 89.7 Å². The molecule has 0 radical (unpaired) electrons. The number of carbonyl (C=O) groups excluding carboxylic acids is 1. The molecular weight excluding hydrogens is 384 g/mol. The van der Waals surface area contributed by atoms with Crippen LogP contribution in [0.3, 0.4) is 0 Å². The van der Waals surface area contributed by atoms with E-state index >= 15 is 0 Å². The first-order chi connectivity index (χ1) is 13.7. The second-order valence-corrected chi connectivity index (χ2v) is 9.77. The Morgan fingerprint density at radius 3 is 2.45 bits per heavy atom. The van der Waals surface area contributed by atoms with Gasteiger partial charge in [0, 0.05) is 24.2 Å². The number of rotatable bonds is 6. The summed E-state index contributed by atoms with van der Waals surface area (Å²) in [5.41, 5.74) is 3.12. The number of carbonyl (C=O) groups is 1. The van der Waals surface area contributed by atoms with Gasteiger partial charge in [-0.15, -0.1) is 0 Å². The number of benzene rings is 2. The number of amides is 1. The smallest absolute Gasteiger partial charge is 0.251 e. The topological polar surface area (TPSA) is 76.1 Å². The van der Waals surface area contributed by atoms with Gasteiger partial charge in [0.25, 0.3) is 5.91 Å². The maximum absolute atomic E-state index is 12.9. The van der Waals surface area contributed by atoms with Gasteiger partial charge in [0.1, 0.15) is 0 Å². The highest BCUT2D eigenvalue weighted by Gasteiger charge is 2.23. The summed E-state index contributed by atoms with van der Waals surface area (Å²) in [5.74, 6) is -0.299. The van der Waals surface area contributed by atoms with Gasteiger partial charge in [0.05, 0.1) is 11.3 Å². The molecule has 150 valence electrons. The maximum atomic E-state index is 12.9. The molecule has 0 bridgehead atoms. The predicted molar refractivity (Wildman–Crippen MR) is 115 cm³/mol. The van der Waals surface area contributed by atoms with E-state index in [0.717, 1.165) is 16.7 Å². The summed E-state index contributed by atoms with van der Waals surface area (Å²) in [5, 5.41) is 3.07. The zero-order valence-electron chi connectivity index (χ0n) is 16.7. The van der Waals surface area contributed by atoms with Crippen LogP contribution in [0, 0.1) is 0 Å². The van der Waals surface area contributed by atoms with E-state index in [2.05, 4.69) is 10.3 Å². The third-order valence-electron chi connectivity index (χ3n) is 4.68. The molecule has 0 fully saturated rings. The van der Waals surface area contributed by atoms with Crippen molar-refractivity contribution in [3.63, 3.8) is 0 Å². The van der Waals surface area contributed by atoms with Crippen LogP contribution in [0.25, 0.3) is 11.1 Å². The molecule has 6 heteroatoms. The molecular formula is C23H24N2O3S. The average Bonchev–Trinajstić information content (AvgIpc) is 2.68. The summed E-state index contributed by atoms with van der Waals surface area (Å²) in [6.07, 6.45) is 4.37. The van der Waals surface area contributed by atoms with Gasteiger partial charge in [-0.3, -0.25) is 9.78 Å². The summed E-state index contributed by atoms with van der Waals surface area (Å²) in [4.78, 5) is 17.0. The van der Waals surface area contributed by atoms with Crippen molar-refractivity contribution in [2.24, 2.45) is 0 Å². The van der Waals surface area contributed by atoms with Gasteiger partial charge in [-0.2, -0.15) is 0 Å². The second kappa shape index (κ2) is 8.17. The standard InChI is InChI=1S/C23H24N2O3S/c1-23(2,20-10-5-4-6-11-20)25-22(26)18-9-7-8-17(14-18)21-12-13-24-15-19(21)16-29(3,27)28/h4-15H,16H2,1-3H3,(H,25,26). The Morgan fingerprint density at radius 2 is 1.76 bits per heavy atom. The van der Waals surface area contributed by atoms with Gasteiger partial charge < -0.3 is 5.32 Å². The van der Waals surface area contributed by atoms with Crippen molar-refractivity contribution in [2.45, 2.75) is 25.1 Å². The number of hydrogen-bond donors (Lipinski definition) is 1. The molecule has 0 aliphatic carbocycles. The van der Waals surface area contributed by atoms with E-state index in [1.807, 2.05) is 50.2 Å². The highest BCUT2D eigenvalue weighted by Crippen LogP contribution is 2.26. The first-order valence-corrected chi connectivity index (χ1v) is 11.3. The number of aromatic nitrogens is 1. The number of pyridine rings is 1. The Bertz CT molecular complexity index is 1120. The van der Waals surface area contributed by atoms with Crippen molar-refractivity contribution < 1.29 is 13.2 Å². The van der Waals surface area contributed by atoms with Crippen LogP contribution in [-0.2, 0) is 21.1 Å². The fraction of sp³-hybridized carbons (Fsp3) is 0.217. The van der Waals surface area contributed by atoms with Gasteiger partial charge in [0.2, 0.25) is 0 Å². The lowest BCUT2D eigenvalue weighted by atomic mass is 9.93. The molecule has 0 aliphatic heterocycles. The summed E-state index contributed by atoms with van der Waals surface area (Å²) in [7, 11) is -3.21. The van der Waals surface area contributed by atoms with Crippen molar-refractivity contribution in [3.8, 4) is 11.1 Å². The van der Waals surface area contributed by atoms with Crippen LogP contribution in [0.15, 0.2) is 73.1 Å². The lowest BCUT2D eigenvalue weighted by Gasteiger charge is -2.27. The first kappa shape index (κ1) is 20.7. The summed E-state index contributed by atoms with van der Waals surface area (Å²) >= 11 is 0. The summed E-state index contributed by atoms with van der Waals surface area (Å²) in [6.45, 7) is 3.91. The molecule has 0 saturated carbocycles. The molecule has 2 aromatic carbocycles. The molecule has 1 aromatic heterocycles. The molecule has 0 aliphatic rings. The fourth-order valence-corrected chi connectivity index (χ4v) is 4.01. The van der Waals surface area contributed by atoms with Crippen LogP contribution < -0.4 is 5.32 Å². The van der Waals surface area contributed by atoms with Crippen LogP contribution in [0.4, 0.5) is 0 Å². The van der Waals surface area contributed by atoms with E-state index in [1.54, 1.807) is 36.7 Å². The highest BCUT2D eigenvalue weighted by molar-refractivity contribution is 7.89. The average molecular weight is 409 g/mol. The van der Waals surface area contributed by atoms with Crippen LogP contribution in [-0.4, -0.2) is 25.6 Å². The van der Waals surface area contributed by atoms with Gasteiger partial charge >= 0.3 is 0 Å². The minimum atomic E-state index is -3.21. The lowest BCUT2D eigenvalue weighted by Crippen LogP contribution is -2.40. The third kappa shape index (κ3) is 5.29. The van der Waals surface area contributed by atoms with Crippen LogP contribution >= 0.6 is 0 Å². The largest absolute Gasteiger partial charge is 0.343 e. The lowest BCUT2D eigenvalue weighted by molar-refractivity contribution is 0.0912. The van der Waals surface area contributed by atoms with E-state index in [9.17, 15) is 13.2 Å². The molecule has 0 spiro atoms. The zero-order chi connectivity index (χ0) is 21.1. The van der Waals surface area contributed by atoms with E-state index < -0.39 is 15.4 Å². The van der Waals surface area contributed by atoms with Crippen LogP contribution in [0.1, 0.15) is 35.3 Å². The van der Waals surface area contributed by atoms with Crippen molar-refractivity contribution in [1.82, 2.24) is 10.3 Å². The van der Waals surface area contributed by atoms with Gasteiger partial charge in [-0.1, -0.05) is 42.5 Å². The fourth-order valence-electron chi connectivity index (χ4n) is 3.22. The molecule has 1 N–H and O–H groups in total. The molecule has 0 atom stereocenters. The summed E-state index contributed by atoms with van der Waals surface area (Å²) < 4.78 is 23.5. The number of sulfone groups is 1. The Kier molecular flexibility index (Phi) is 5.84. The first-order valence-electron chi connectivity index (χ1n) is 9.25. The molecule has 1 heterocycles. The quantitative estimate of drug-likeness (QED) is 0.670. The molecule has 0 saturated heterocycles. The van der Waals surface area contributed by atoms with E-state index in [4.69, 9.17) is 0 Å². The van der Waals surface area contributed by atoms with Crippen LogP contribution in [0.2, 0.25) is 0 Å². The minimum absolute atomic E-state index is 0.104. The Hall–Kier alpha value is -2.99. The predicted octanol–water partition coefficient (Wildman–Crippen LogP) is 3.96. The number of hydrogen-bond acceptors (Lipinski definition) is 4. The molecule has 0 unspecified atom stereocenters. The van der Waals surface area contributed by atoms with Crippen molar-refractivity contribution in [2.75, 3.05) is 6.26 Å². The Balaban J connectivity index is 1.90. The third-order valence-corrected chi connectivity index (χ3v) is 5.51. The van der Waals surface area contributed by atoms with Gasteiger partial charge in [-0.25, -0.2) is 8.42 Å². The highest BCUT2D eigenvalue weighted by atomic mass is 32.2. The molecule has 29 heavy (non-hydrogen) atoms. The second-order valence-electron chi connectivity index (χ2n) is 7.63. The Labute approximate surface area is 171 Å². The van der Waals surface area contributed by atoms with Gasteiger partial charge in [-0.05, 0) is 54.3 Å². The maximum Gasteiger partial charge on any atom is 0.251 e. The molecule has 3 aromatic rings. The van der Waals surface area contributed by atoms with Gasteiger partial charge in [0.15, 0.2) is 9.84 Å². The van der Waals surface area contributed by atoms with E-state index in [1.165, 1.54) is 6.26 Å². The van der Waals surface area contributed by atoms with Crippen LogP contribution in [0.5, 0.6) is 0 Å². The SMILES string of the molecule is CC(C)(NC(=O)c1cccc(-c2ccncc2CS(C)(=O)=O)c1)c1ccccc1. The summed E-state index contributed by atoms with van der Waals surface area (Å²) in [6, 6.07) is 18.7.